The third kappa shape index (κ3) is 1.37. The Morgan fingerprint density at radius 1 is 1.56 bits per heavy atom. The molecule has 2 fully saturated rings. The molecular formula is C12H16N2O2. The van der Waals surface area contributed by atoms with Gasteiger partial charge in [0, 0.05) is 31.2 Å². The highest BCUT2D eigenvalue weighted by Crippen LogP contribution is 2.29. The molecule has 1 aromatic rings. The summed E-state index contributed by atoms with van der Waals surface area (Å²) in [6.45, 7) is 4.76. The Hall–Kier alpha value is -1.29. The van der Waals surface area contributed by atoms with Crippen LogP contribution in [0.5, 0.6) is 0 Å². The van der Waals surface area contributed by atoms with E-state index in [0.29, 0.717) is 17.7 Å². The third-order valence-electron chi connectivity index (χ3n) is 3.76. The van der Waals surface area contributed by atoms with Crippen LogP contribution in [-0.4, -0.2) is 36.5 Å². The Morgan fingerprint density at radius 2 is 2.44 bits per heavy atom. The van der Waals surface area contributed by atoms with Crippen molar-refractivity contribution in [3.8, 4) is 0 Å². The van der Waals surface area contributed by atoms with Gasteiger partial charge in [0.2, 0.25) is 0 Å². The summed E-state index contributed by atoms with van der Waals surface area (Å²) in [6.07, 6.45) is 2.70. The number of rotatable bonds is 1. The van der Waals surface area contributed by atoms with Crippen LogP contribution in [0.2, 0.25) is 0 Å². The van der Waals surface area contributed by atoms with Gasteiger partial charge < -0.3 is 14.6 Å². The van der Waals surface area contributed by atoms with Gasteiger partial charge in [-0.05, 0) is 25.3 Å². The van der Waals surface area contributed by atoms with E-state index in [1.807, 2.05) is 17.9 Å². The van der Waals surface area contributed by atoms with Crippen LogP contribution in [0, 0.1) is 12.8 Å². The van der Waals surface area contributed by atoms with Crippen molar-refractivity contribution in [3.63, 3.8) is 0 Å². The summed E-state index contributed by atoms with van der Waals surface area (Å²) in [5.41, 5.74) is 0.930. The van der Waals surface area contributed by atoms with Crippen LogP contribution in [-0.2, 0) is 0 Å². The maximum absolute atomic E-state index is 12.3. The van der Waals surface area contributed by atoms with Crippen LogP contribution in [0.3, 0.4) is 0 Å². The average molecular weight is 220 g/mol. The number of carbonyl (C=O) groups is 1. The second-order valence-corrected chi connectivity index (χ2v) is 4.71. The standard InChI is InChI=1S/C12H16N2O2/c1-8-3-5-16-11(8)12(15)14-4-2-9-6-13-7-10(9)14/h3,5,9-10,13H,2,4,6-7H2,1H3. The first-order valence-electron chi connectivity index (χ1n) is 5.83. The van der Waals surface area contributed by atoms with Crippen LogP contribution in [0.15, 0.2) is 16.7 Å². The lowest BCUT2D eigenvalue weighted by Gasteiger charge is -2.22. The smallest absolute Gasteiger partial charge is 0.290 e. The molecule has 0 aromatic carbocycles. The monoisotopic (exact) mass is 220 g/mol. The topological polar surface area (TPSA) is 45.5 Å². The molecule has 2 aliphatic heterocycles. The van der Waals surface area contributed by atoms with E-state index >= 15 is 0 Å². The third-order valence-corrected chi connectivity index (χ3v) is 3.76. The minimum absolute atomic E-state index is 0.0544. The first-order valence-corrected chi connectivity index (χ1v) is 5.83. The van der Waals surface area contributed by atoms with Gasteiger partial charge in [0.25, 0.3) is 5.91 Å². The Bertz CT molecular complexity index is 413. The van der Waals surface area contributed by atoms with Gasteiger partial charge in [-0.25, -0.2) is 0 Å². The van der Waals surface area contributed by atoms with E-state index < -0.39 is 0 Å². The summed E-state index contributed by atoms with van der Waals surface area (Å²) >= 11 is 0. The highest BCUT2D eigenvalue weighted by molar-refractivity contribution is 5.93. The minimum atomic E-state index is 0.0544. The lowest BCUT2D eigenvalue weighted by Crippen LogP contribution is -2.39. The molecule has 0 radical (unpaired) electrons. The number of nitrogens with one attached hydrogen (secondary N) is 1. The Kier molecular flexibility index (Phi) is 2.24. The zero-order valence-corrected chi connectivity index (χ0v) is 9.40. The number of likely N-dealkylation sites (tertiary alicyclic amines) is 1. The van der Waals surface area contributed by atoms with Gasteiger partial charge in [-0.2, -0.15) is 0 Å². The number of amides is 1. The van der Waals surface area contributed by atoms with E-state index in [9.17, 15) is 4.79 Å². The molecule has 0 saturated carbocycles. The molecule has 86 valence electrons. The summed E-state index contributed by atoms with van der Waals surface area (Å²) in [6, 6.07) is 2.21. The van der Waals surface area contributed by atoms with E-state index in [4.69, 9.17) is 4.42 Å². The van der Waals surface area contributed by atoms with Crippen LogP contribution in [0.4, 0.5) is 0 Å². The minimum Gasteiger partial charge on any atom is -0.459 e. The largest absolute Gasteiger partial charge is 0.459 e. The fourth-order valence-electron chi connectivity index (χ4n) is 2.82. The molecular weight excluding hydrogens is 204 g/mol. The van der Waals surface area contributed by atoms with Crippen molar-refractivity contribution in [2.24, 2.45) is 5.92 Å². The molecule has 0 aliphatic carbocycles. The molecule has 4 nitrogen and oxygen atoms in total. The van der Waals surface area contributed by atoms with Gasteiger partial charge >= 0.3 is 0 Å². The van der Waals surface area contributed by atoms with Gasteiger partial charge in [0.15, 0.2) is 5.76 Å². The van der Waals surface area contributed by atoms with E-state index in [1.54, 1.807) is 6.26 Å². The molecule has 2 saturated heterocycles. The lowest BCUT2D eigenvalue weighted by atomic mass is 10.1. The van der Waals surface area contributed by atoms with Crippen LogP contribution >= 0.6 is 0 Å². The van der Waals surface area contributed by atoms with Gasteiger partial charge in [-0.1, -0.05) is 0 Å². The summed E-state index contributed by atoms with van der Waals surface area (Å²) in [5, 5.41) is 3.34. The predicted octanol–water partition coefficient (Wildman–Crippen LogP) is 1.02. The number of aryl methyl sites for hydroxylation is 1. The van der Waals surface area contributed by atoms with Gasteiger partial charge in [0.1, 0.15) is 0 Å². The molecule has 1 aromatic heterocycles. The average Bonchev–Trinajstić information content (AvgIpc) is 2.90. The number of carbonyl (C=O) groups excluding carboxylic acids is 1. The normalized spacial score (nSPS) is 28.4. The molecule has 2 aliphatic rings. The number of fused-ring (bicyclic) bond motifs is 1. The highest BCUT2D eigenvalue weighted by atomic mass is 16.3. The fourth-order valence-corrected chi connectivity index (χ4v) is 2.82. The summed E-state index contributed by atoms with van der Waals surface area (Å²) < 4.78 is 5.28. The van der Waals surface area contributed by atoms with E-state index in [1.165, 1.54) is 0 Å². The predicted molar refractivity (Wildman–Crippen MR) is 59.2 cm³/mol. The molecule has 3 rings (SSSR count). The molecule has 3 heterocycles. The molecule has 1 amide bonds. The summed E-state index contributed by atoms with van der Waals surface area (Å²) in [4.78, 5) is 14.2. The van der Waals surface area contributed by atoms with Crippen molar-refractivity contribution >= 4 is 5.91 Å². The number of hydrogen-bond donors (Lipinski definition) is 1. The lowest BCUT2D eigenvalue weighted by molar-refractivity contribution is 0.0703. The fraction of sp³-hybridized carbons (Fsp3) is 0.583. The molecule has 1 N–H and O–H groups in total. The molecule has 0 spiro atoms. The van der Waals surface area contributed by atoms with Crippen molar-refractivity contribution in [2.45, 2.75) is 19.4 Å². The molecule has 2 atom stereocenters. The Labute approximate surface area is 94.6 Å². The van der Waals surface area contributed by atoms with E-state index in [-0.39, 0.29) is 5.91 Å². The zero-order valence-electron chi connectivity index (χ0n) is 9.40. The highest BCUT2D eigenvalue weighted by Gasteiger charge is 2.41. The van der Waals surface area contributed by atoms with E-state index in [0.717, 1.165) is 31.6 Å². The summed E-state index contributed by atoms with van der Waals surface area (Å²) in [7, 11) is 0. The maximum atomic E-state index is 12.3. The molecule has 16 heavy (non-hydrogen) atoms. The van der Waals surface area contributed by atoms with E-state index in [2.05, 4.69) is 5.32 Å². The van der Waals surface area contributed by atoms with Crippen LogP contribution in [0.25, 0.3) is 0 Å². The van der Waals surface area contributed by atoms with Gasteiger partial charge in [0.05, 0.1) is 6.26 Å². The Morgan fingerprint density at radius 3 is 3.19 bits per heavy atom. The van der Waals surface area contributed by atoms with Crippen molar-refractivity contribution in [3.05, 3.63) is 23.7 Å². The molecule has 4 heteroatoms. The van der Waals surface area contributed by atoms with Crippen LogP contribution in [0.1, 0.15) is 22.5 Å². The second kappa shape index (κ2) is 3.63. The first kappa shape index (κ1) is 9.90. The van der Waals surface area contributed by atoms with Crippen LogP contribution < -0.4 is 5.32 Å². The maximum Gasteiger partial charge on any atom is 0.290 e. The number of furan rings is 1. The molecule has 2 unspecified atom stereocenters. The van der Waals surface area contributed by atoms with Crippen molar-refractivity contribution in [1.29, 1.82) is 0 Å². The quantitative estimate of drug-likeness (QED) is 0.768. The summed E-state index contributed by atoms with van der Waals surface area (Å²) in [5.74, 6) is 1.20. The van der Waals surface area contributed by atoms with Gasteiger partial charge in [-0.3, -0.25) is 4.79 Å². The SMILES string of the molecule is Cc1ccoc1C(=O)N1CCC2CNCC21. The number of nitrogens with zero attached hydrogens (tertiary/aromatic N) is 1. The Balaban J connectivity index is 1.83. The van der Waals surface area contributed by atoms with Crippen molar-refractivity contribution in [1.82, 2.24) is 10.2 Å². The zero-order chi connectivity index (χ0) is 11.1. The van der Waals surface area contributed by atoms with Crippen molar-refractivity contribution < 1.29 is 9.21 Å². The molecule has 0 bridgehead atoms. The van der Waals surface area contributed by atoms with Gasteiger partial charge in [-0.15, -0.1) is 0 Å². The number of hydrogen-bond acceptors (Lipinski definition) is 3. The second-order valence-electron chi connectivity index (χ2n) is 4.71. The first-order chi connectivity index (χ1) is 7.77. The van der Waals surface area contributed by atoms with Crippen molar-refractivity contribution in [2.75, 3.05) is 19.6 Å².